The molecule has 4 heteroatoms. The van der Waals surface area contributed by atoms with Gasteiger partial charge in [-0.05, 0) is 17.0 Å². The summed E-state index contributed by atoms with van der Waals surface area (Å²) in [6.45, 7) is 4.15. The molecule has 0 heterocycles. The lowest BCUT2D eigenvalue weighted by Crippen LogP contribution is -2.24. The monoisotopic (exact) mass is 250 g/mol. The maximum Gasteiger partial charge on any atom is 0.324 e. The number of ether oxygens (including phenoxy) is 2. The van der Waals surface area contributed by atoms with E-state index in [1.165, 1.54) is 14.2 Å². The highest BCUT2D eigenvalue weighted by Gasteiger charge is 2.30. The van der Waals surface area contributed by atoms with Gasteiger partial charge in [0.1, 0.15) is 0 Å². The fourth-order valence-corrected chi connectivity index (χ4v) is 1.68. The molecule has 0 spiro atoms. The summed E-state index contributed by atoms with van der Waals surface area (Å²) in [7, 11) is 2.50. The first-order valence-corrected chi connectivity index (χ1v) is 5.76. The van der Waals surface area contributed by atoms with E-state index in [0.717, 1.165) is 5.56 Å². The van der Waals surface area contributed by atoms with Crippen molar-refractivity contribution in [3.8, 4) is 0 Å². The molecule has 0 N–H and O–H groups in total. The second kappa shape index (κ2) is 6.19. The highest BCUT2D eigenvalue weighted by atomic mass is 16.5. The van der Waals surface area contributed by atoms with Crippen LogP contribution in [-0.2, 0) is 19.1 Å². The van der Waals surface area contributed by atoms with Gasteiger partial charge in [0, 0.05) is 0 Å². The van der Waals surface area contributed by atoms with Crippen molar-refractivity contribution in [3.63, 3.8) is 0 Å². The van der Waals surface area contributed by atoms with Crippen molar-refractivity contribution in [1.82, 2.24) is 0 Å². The zero-order valence-electron chi connectivity index (χ0n) is 11.1. The summed E-state index contributed by atoms with van der Waals surface area (Å²) in [4.78, 5) is 23.2. The lowest BCUT2D eigenvalue weighted by Gasteiger charge is -2.13. The number of rotatable bonds is 4. The molecule has 0 atom stereocenters. The second-order valence-electron chi connectivity index (χ2n) is 4.30. The van der Waals surface area contributed by atoms with Crippen molar-refractivity contribution in [2.24, 2.45) is 0 Å². The van der Waals surface area contributed by atoms with E-state index in [1.54, 1.807) is 12.1 Å². The van der Waals surface area contributed by atoms with E-state index >= 15 is 0 Å². The van der Waals surface area contributed by atoms with E-state index in [4.69, 9.17) is 0 Å². The Morgan fingerprint density at radius 2 is 1.28 bits per heavy atom. The molecule has 0 saturated heterocycles. The molecular formula is C14H18O4. The molecule has 0 amide bonds. The summed E-state index contributed by atoms with van der Waals surface area (Å²) >= 11 is 0. The Labute approximate surface area is 107 Å². The molecule has 0 fully saturated rings. The van der Waals surface area contributed by atoms with E-state index in [9.17, 15) is 9.59 Å². The summed E-state index contributed by atoms with van der Waals surface area (Å²) < 4.78 is 9.26. The third-order valence-electron chi connectivity index (χ3n) is 2.81. The van der Waals surface area contributed by atoms with Gasteiger partial charge in [0.05, 0.1) is 14.2 Å². The lowest BCUT2D eigenvalue weighted by atomic mass is 9.95. The molecule has 0 aliphatic carbocycles. The van der Waals surface area contributed by atoms with Crippen LogP contribution < -0.4 is 0 Å². The van der Waals surface area contributed by atoms with Crippen LogP contribution in [0.3, 0.4) is 0 Å². The van der Waals surface area contributed by atoms with Gasteiger partial charge < -0.3 is 9.47 Å². The zero-order valence-corrected chi connectivity index (χ0v) is 11.1. The highest BCUT2D eigenvalue weighted by molar-refractivity contribution is 6.00. The SMILES string of the molecule is COC(=O)C(C(=O)OC)c1ccc(C(C)C)cc1. The van der Waals surface area contributed by atoms with Crippen molar-refractivity contribution in [3.05, 3.63) is 35.4 Å². The number of hydrogen-bond donors (Lipinski definition) is 0. The average Bonchev–Trinajstić information content (AvgIpc) is 2.39. The van der Waals surface area contributed by atoms with Gasteiger partial charge in [-0.25, -0.2) is 0 Å². The first-order valence-electron chi connectivity index (χ1n) is 5.76. The molecule has 0 aliphatic rings. The summed E-state index contributed by atoms with van der Waals surface area (Å²) in [6.07, 6.45) is 0. The number of hydrogen-bond acceptors (Lipinski definition) is 4. The third-order valence-corrected chi connectivity index (χ3v) is 2.81. The van der Waals surface area contributed by atoms with E-state index in [2.05, 4.69) is 23.3 Å². The number of carbonyl (C=O) groups is 2. The van der Waals surface area contributed by atoms with Crippen molar-refractivity contribution in [2.45, 2.75) is 25.7 Å². The maximum atomic E-state index is 11.6. The van der Waals surface area contributed by atoms with E-state index < -0.39 is 17.9 Å². The smallest absolute Gasteiger partial charge is 0.324 e. The van der Waals surface area contributed by atoms with E-state index in [-0.39, 0.29) is 0 Å². The molecule has 0 radical (unpaired) electrons. The van der Waals surface area contributed by atoms with Crippen LogP contribution in [0.5, 0.6) is 0 Å². The quantitative estimate of drug-likeness (QED) is 0.607. The van der Waals surface area contributed by atoms with Gasteiger partial charge in [-0.1, -0.05) is 38.1 Å². The fourth-order valence-electron chi connectivity index (χ4n) is 1.68. The van der Waals surface area contributed by atoms with E-state index in [0.29, 0.717) is 11.5 Å². The van der Waals surface area contributed by atoms with Crippen LogP contribution in [0, 0.1) is 0 Å². The number of carbonyl (C=O) groups excluding carboxylic acids is 2. The predicted octanol–water partition coefficient (Wildman–Crippen LogP) is 2.24. The fraction of sp³-hybridized carbons (Fsp3) is 0.429. The molecule has 98 valence electrons. The molecule has 0 aliphatic heterocycles. The Balaban J connectivity index is 3.06. The molecule has 4 nitrogen and oxygen atoms in total. The topological polar surface area (TPSA) is 52.6 Å². The average molecular weight is 250 g/mol. The first-order chi connectivity index (χ1) is 8.51. The van der Waals surface area contributed by atoms with Crippen LogP contribution in [0.2, 0.25) is 0 Å². The van der Waals surface area contributed by atoms with Crippen LogP contribution in [-0.4, -0.2) is 26.2 Å². The van der Waals surface area contributed by atoms with Gasteiger partial charge in [0.2, 0.25) is 0 Å². The molecule has 1 rings (SSSR count). The Kier molecular flexibility index (Phi) is 4.89. The predicted molar refractivity (Wildman–Crippen MR) is 67.3 cm³/mol. The summed E-state index contributed by atoms with van der Waals surface area (Å²) in [5.41, 5.74) is 1.73. The van der Waals surface area contributed by atoms with Crippen LogP contribution in [0.25, 0.3) is 0 Å². The van der Waals surface area contributed by atoms with Crippen LogP contribution in [0.15, 0.2) is 24.3 Å². The molecule has 0 bridgehead atoms. The zero-order chi connectivity index (χ0) is 13.7. The third kappa shape index (κ3) is 3.09. The van der Waals surface area contributed by atoms with E-state index in [1.807, 2.05) is 12.1 Å². The van der Waals surface area contributed by atoms with Gasteiger partial charge in [0.25, 0.3) is 0 Å². The number of benzene rings is 1. The Morgan fingerprint density at radius 3 is 1.61 bits per heavy atom. The molecule has 1 aromatic rings. The Morgan fingerprint density at radius 1 is 0.889 bits per heavy atom. The van der Waals surface area contributed by atoms with Gasteiger partial charge in [-0.15, -0.1) is 0 Å². The molecule has 0 unspecified atom stereocenters. The number of esters is 2. The molecule has 0 saturated carbocycles. The Hall–Kier alpha value is -1.84. The maximum absolute atomic E-state index is 11.6. The van der Waals surface area contributed by atoms with Crippen LogP contribution >= 0.6 is 0 Å². The minimum Gasteiger partial charge on any atom is -0.468 e. The highest BCUT2D eigenvalue weighted by Crippen LogP contribution is 2.22. The van der Waals surface area contributed by atoms with Gasteiger partial charge in [0.15, 0.2) is 5.92 Å². The standard InChI is InChI=1S/C14H18O4/c1-9(2)10-5-7-11(8-6-10)12(13(15)17-3)14(16)18-4/h5-9,12H,1-4H3. The lowest BCUT2D eigenvalue weighted by molar-refractivity contribution is -0.154. The molecule has 0 aromatic heterocycles. The van der Waals surface area contributed by atoms with Crippen molar-refractivity contribution in [2.75, 3.05) is 14.2 Å². The summed E-state index contributed by atoms with van der Waals surface area (Å²) in [5.74, 6) is -1.84. The molecule has 1 aromatic carbocycles. The largest absolute Gasteiger partial charge is 0.468 e. The number of methoxy groups -OCH3 is 2. The second-order valence-corrected chi connectivity index (χ2v) is 4.30. The first kappa shape index (κ1) is 14.2. The van der Waals surface area contributed by atoms with Gasteiger partial charge in [-0.2, -0.15) is 0 Å². The van der Waals surface area contributed by atoms with Gasteiger partial charge >= 0.3 is 11.9 Å². The molecular weight excluding hydrogens is 232 g/mol. The van der Waals surface area contributed by atoms with Crippen LogP contribution in [0.4, 0.5) is 0 Å². The van der Waals surface area contributed by atoms with Crippen molar-refractivity contribution < 1.29 is 19.1 Å². The Bertz CT molecular complexity index is 404. The van der Waals surface area contributed by atoms with Crippen molar-refractivity contribution in [1.29, 1.82) is 0 Å². The minimum atomic E-state index is -1.01. The summed E-state index contributed by atoms with van der Waals surface area (Å²) in [5, 5.41) is 0. The minimum absolute atomic E-state index is 0.397. The van der Waals surface area contributed by atoms with Gasteiger partial charge in [-0.3, -0.25) is 9.59 Å². The van der Waals surface area contributed by atoms with Crippen molar-refractivity contribution >= 4 is 11.9 Å². The molecule has 18 heavy (non-hydrogen) atoms. The van der Waals surface area contributed by atoms with Crippen LogP contribution in [0.1, 0.15) is 36.8 Å². The normalized spacial score (nSPS) is 10.6. The summed E-state index contributed by atoms with van der Waals surface area (Å²) in [6, 6.07) is 7.32.